The highest BCUT2D eigenvalue weighted by Gasteiger charge is 2.07. The van der Waals surface area contributed by atoms with Crippen LogP contribution in [0.15, 0.2) is 40.9 Å². The number of rotatable bonds is 6. The molecule has 0 saturated heterocycles. The molecule has 108 valence electrons. The van der Waals surface area contributed by atoms with Crippen LogP contribution in [-0.2, 0) is 9.05 Å². The lowest BCUT2D eigenvalue weighted by Gasteiger charge is -2.10. The maximum absolute atomic E-state index is 10.8. The molecule has 20 heavy (non-hydrogen) atoms. The van der Waals surface area contributed by atoms with Crippen molar-refractivity contribution in [3.8, 4) is 5.75 Å². The molecule has 0 aliphatic rings. The summed E-state index contributed by atoms with van der Waals surface area (Å²) < 4.78 is 28.2. The Bertz CT molecular complexity index is 701. The molecule has 0 amide bonds. The first-order valence-corrected chi connectivity index (χ1v) is 9.47. The summed E-state index contributed by atoms with van der Waals surface area (Å²) in [6, 6.07) is 11.9. The van der Waals surface area contributed by atoms with Crippen LogP contribution < -0.4 is 4.74 Å². The molecule has 0 N–H and O–H groups in total. The highest BCUT2D eigenvalue weighted by atomic mass is 79.9. The van der Waals surface area contributed by atoms with Crippen molar-refractivity contribution >= 4 is 46.4 Å². The van der Waals surface area contributed by atoms with Gasteiger partial charge in [-0.05, 0) is 45.6 Å². The van der Waals surface area contributed by atoms with Crippen LogP contribution in [0.25, 0.3) is 10.8 Å². The fourth-order valence-electron chi connectivity index (χ4n) is 1.88. The molecule has 0 aliphatic carbocycles. The van der Waals surface area contributed by atoms with Crippen LogP contribution in [0.3, 0.4) is 0 Å². The maximum Gasteiger partial charge on any atom is 0.232 e. The number of hydrogen-bond donors (Lipinski definition) is 0. The van der Waals surface area contributed by atoms with Crippen LogP contribution in [0.5, 0.6) is 5.75 Å². The second-order valence-corrected chi connectivity index (χ2v) is 8.09. The highest BCUT2D eigenvalue weighted by Crippen LogP contribution is 2.33. The van der Waals surface area contributed by atoms with Crippen LogP contribution in [0.1, 0.15) is 12.8 Å². The zero-order valence-electron chi connectivity index (χ0n) is 10.7. The van der Waals surface area contributed by atoms with Crippen LogP contribution >= 0.6 is 26.6 Å². The summed E-state index contributed by atoms with van der Waals surface area (Å²) in [5.74, 6) is 0.744. The Morgan fingerprint density at radius 3 is 2.60 bits per heavy atom. The lowest BCUT2D eigenvalue weighted by atomic mass is 10.1. The van der Waals surface area contributed by atoms with Gasteiger partial charge in [0.25, 0.3) is 0 Å². The molecular weight excluding hydrogens is 364 g/mol. The van der Waals surface area contributed by atoms with E-state index in [1.54, 1.807) is 0 Å². The zero-order valence-corrected chi connectivity index (χ0v) is 13.8. The normalized spacial score (nSPS) is 11.7. The van der Waals surface area contributed by atoms with Gasteiger partial charge in [-0.2, -0.15) is 0 Å². The second-order valence-electron chi connectivity index (χ2n) is 4.40. The van der Waals surface area contributed by atoms with Gasteiger partial charge in [-0.25, -0.2) is 8.42 Å². The van der Waals surface area contributed by atoms with Gasteiger partial charge in [-0.15, -0.1) is 0 Å². The smallest absolute Gasteiger partial charge is 0.232 e. The van der Waals surface area contributed by atoms with Crippen LogP contribution in [-0.4, -0.2) is 20.8 Å². The van der Waals surface area contributed by atoms with E-state index in [1.807, 2.05) is 36.4 Å². The third-order valence-corrected chi connectivity index (χ3v) is 4.93. The second kappa shape index (κ2) is 6.78. The molecule has 0 heterocycles. The Labute approximate surface area is 131 Å². The first-order chi connectivity index (χ1) is 9.47. The predicted molar refractivity (Wildman–Crippen MR) is 86.0 cm³/mol. The predicted octanol–water partition coefficient (Wildman–Crippen LogP) is 4.33. The van der Waals surface area contributed by atoms with Crippen LogP contribution in [0, 0.1) is 0 Å². The minimum Gasteiger partial charge on any atom is -0.492 e. The van der Waals surface area contributed by atoms with E-state index in [4.69, 9.17) is 15.4 Å². The monoisotopic (exact) mass is 376 g/mol. The molecule has 0 aromatic heterocycles. The minimum absolute atomic E-state index is 0.0171. The van der Waals surface area contributed by atoms with Crippen molar-refractivity contribution < 1.29 is 13.2 Å². The van der Waals surface area contributed by atoms with Gasteiger partial charge < -0.3 is 4.74 Å². The SMILES string of the molecule is O=S(=O)(Cl)CCCCOc1ccc2ccccc2c1Br. The Morgan fingerprint density at radius 2 is 1.85 bits per heavy atom. The van der Waals surface area contributed by atoms with E-state index in [0.29, 0.717) is 19.4 Å². The summed E-state index contributed by atoms with van der Waals surface area (Å²) in [6.07, 6.45) is 1.14. The lowest BCUT2D eigenvalue weighted by molar-refractivity contribution is 0.308. The number of hydrogen-bond acceptors (Lipinski definition) is 3. The van der Waals surface area contributed by atoms with Gasteiger partial charge in [0.05, 0.1) is 16.8 Å². The van der Waals surface area contributed by atoms with Crippen molar-refractivity contribution in [2.45, 2.75) is 12.8 Å². The van der Waals surface area contributed by atoms with Gasteiger partial charge in [0, 0.05) is 10.7 Å². The highest BCUT2D eigenvalue weighted by molar-refractivity contribution is 9.10. The van der Waals surface area contributed by atoms with Gasteiger partial charge in [0.15, 0.2) is 0 Å². The van der Waals surface area contributed by atoms with E-state index in [-0.39, 0.29) is 5.75 Å². The summed E-state index contributed by atoms with van der Waals surface area (Å²) in [4.78, 5) is 0. The average Bonchev–Trinajstić information content (AvgIpc) is 2.40. The molecule has 3 nitrogen and oxygen atoms in total. The number of fused-ring (bicyclic) bond motifs is 1. The van der Waals surface area contributed by atoms with Gasteiger partial charge in [-0.1, -0.05) is 30.3 Å². The summed E-state index contributed by atoms with van der Waals surface area (Å²) in [5, 5.41) is 2.23. The molecule has 0 fully saturated rings. The van der Waals surface area contributed by atoms with Gasteiger partial charge in [-0.3, -0.25) is 0 Å². The molecular formula is C14H14BrClO3S. The van der Waals surface area contributed by atoms with Crippen LogP contribution in [0.4, 0.5) is 0 Å². The Balaban J connectivity index is 1.95. The largest absolute Gasteiger partial charge is 0.492 e. The van der Waals surface area contributed by atoms with Crippen molar-refractivity contribution in [2.75, 3.05) is 12.4 Å². The van der Waals surface area contributed by atoms with Crippen molar-refractivity contribution in [1.82, 2.24) is 0 Å². The van der Waals surface area contributed by atoms with E-state index >= 15 is 0 Å². The molecule has 0 saturated carbocycles. The van der Waals surface area contributed by atoms with Gasteiger partial charge in [0.1, 0.15) is 5.75 Å². The minimum atomic E-state index is -3.40. The molecule has 0 radical (unpaired) electrons. The fourth-order valence-corrected chi connectivity index (χ4v) is 3.37. The average molecular weight is 378 g/mol. The number of unbranched alkanes of at least 4 members (excludes halogenated alkanes) is 1. The molecule has 0 bridgehead atoms. The number of benzene rings is 2. The van der Waals surface area contributed by atoms with E-state index in [0.717, 1.165) is 21.0 Å². The molecule has 0 aliphatic heterocycles. The molecule has 0 atom stereocenters. The fraction of sp³-hybridized carbons (Fsp3) is 0.286. The Kier molecular flexibility index (Phi) is 5.29. The summed E-state index contributed by atoms with van der Waals surface area (Å²) in [7, 11) is 1.74. The van der Waals surface area contributed by atoms with Gasteiger partial charge >= 0.3 is 0 Å². The third kappa shape index (κ3) is 4.36. The molecule has 0 unspecified atom stereocenters. The molecule has 2 rings (SSSR count). The van der Waals surface area contributed by atoms with E-state index in [2.05, 4.69) is 15.9 Å². The third-order valence-electron chi connectivity index (χ3n) is 2.87. The summed E-state index contributed by atoms with van der Waals surface area (Å²) in [6.45, 7) is 0.462. The summed E-state index contributed by atoms with van der Waals surface area (Å²) in [5.41, 5.74) is 0. The Hall–Kier alpha value is -0.780. The quantitative estimate of drug-likeness (QED) is 0.556. The lowest BCUT2D eigenvalue weighted by Crippen LogP contribution is -2.02. The summed E-state index contributed by atoms with van der Waals surface area (Å²) >= 11 is 3.54. The molecule has 2 aromatic rings. The number of halogens is 2. The van der Waals surface area contributed by atoms with E-state index in [1.165, 1.54) is 0 Å². The molecule has 2 aromatic carbocycles. The zero-order chi connectivity index (χ0) is 14.6. The van der Waals surface area contributed by atoms with Crippen LogP contribution in [0.2, 0.25) is 0 Å². The van der Waals surface area contributed by atoms with Crippen molar-refractivity contribution in [1.29, 1.82) is 0 Å². The van der Waals surface area contributed by atoms with Crippen molar-refractivity contribution in [3.05, 3.63) is 40.9 Å². The van der Waals surface area contributed by atoms with E-state index in [9.17, 15) is 8.42 Å². The van der Waals surface area contributed by atoms with E-state index < -0.39 is 9.05 Å². The van der Waals surface area contributed by atoms with Gasteiger partial charge in [0.2, 0.25) is 9.05 Å². The number of ether oxygens (including phenoxy) is 1. The standard InChI is InChI=1S/C14H14BrClO3S/c15-14-12-6-2-1-5-11(12)7-8-13(14)19-9-3-4-10-20(16,17)18/h1-2,5-8H,3-4,9-10H2. The van der Waals surface area contributed by atoms with Crippen molar-refractivity contribution in [3.63, 3.8) is 0 Å². The molecule has 0 spiro atoms. The maximum atomic E-state index is 10.8. The van der Waals surface area contributed by atoms with Crippen molar-refractivity contribution in [2.24, 2.45) is 0 Å². The Morgan fingerprint density at radius 1 is 1.10 bits per heavy atom. The molecule has 6 heteroatoms. The topological polar surface area (TPSA) is 43.4 Å². The first kappa shape index (κ1) is 15.6. The first-order valence-electron chi connectivity index (χ1n) is 6.20.